The van der Waals surface area contributed by atoms with Crippen LogP contribution in [0.2, 0.25) is 0 Å². The number of non-ortho nitro benzene ring substituents is 1. The van der Waals surface area contributed by atoms with E-state index in [0.29, 0.717) is 0 Å². The number of nitro benzene ring substituents is 1. The molecule has 1 aromatic heterocycles. The molecule has 0 unspecified atom stereocenters. The number of aryl methyl sites for hydroxylation is 1. The maximum Gasteiger partial charge on any atom is 0.315 e. The highest BCUT2D eigenvalue weighted by molar-refractivity contribution is 6.43. The summed E-state index contributed by atoms with van der Waals surface area (Å²) < 4.78 is 0. The van der Waals surface area contributed by atoms with Gasteiger partial charge in [0, 0.05) is 24.0 Å². The van der Waals surface area contributed by atoms with Gasteiger partial charge < -0.3 is 10.6 Å². The molecule has 0 aliphatic carbocycles. The van der Waals surface area contributed by atoms with Crippen LogP contribution in [0.25, 0.3) is 0 Å². The lowest BCUT2D eigenvalue weighted by atomic mass is 10.3. The van der Waals surface area contributed by atoms with Crippen molar-refractivity contribution in [3.05, 3.63) is 58.3 Å². The first kappa shape index (κ1) is 15.1. The maximum absolute atomic E-state index is 11.7. The molecular weight excluding hydrogens is 288 g/mol. The van der Waals surface area contributed by atoms with Gasteiger partial charge in [0.25, 0.3) is 5.69 Å². The first-order valence-corrected chi connectivity index (χ1v) is 6.25. The van der Waals surface area contributed by atoms with E-state index in [4.69, 9.17) is 0 Å². The number of aromatic nitrogens is 1. The Morgan fingerprint density at radius 1 is 1.09 bits per heavy atom. The molecule has 2 aromatic rings. The largest absolute Gasteiger partial charge is 0.318 e. The minimum atomic E-state index is -0.892. The number of benzene rings is 1. The molecule has 1 aromatic carbocycles. The van der Waals surface area contributed by atoms with Gasteiger partial charge in [-0.15, -0.1) is 0 Å². The van der Waals surface area contributed by atoms with Crippen LogP contribution in [0.4, 0.5) is 17.2 Å². The van der Waals surface area contributed by atoms with E-state index in [2.05, 4.69) is 15.6 Å². The van der Waals surface area contributed by atoms with Crippen LogP contribution in [-0.4, -0.2) is 21.7 Å². The number of carbonyl (C=O) groups is 2. The summed E-state index contributed by atoms with van der Waals surface area (Å²) in [5, 5.41) is 15.2. The monoisotopic (exact) mass is 300 g/mol. The Labute approximate surface area is 125 Å². The van der Waals surface area contributed by atoms with E-state index in [1.54, 1.807) is 12.1 Å². The molecule has 0 spiro atoms. The van der Waals surface area contributed by atoms with Crippen LogP contribution in [0.15, 0.2) is 42.6 Å². The zero-order valence-corrected chi connectivity index (χ0v) is 11.6. The maximum atomic E-state index is 11.7. The van der Waals surface area contributed by atoms with Gasteiger partial charge in [0.05, 0.1) is 4.92 Å². The molecule has 0 aliphatic rings. The number of pyridine rings is 1. The molecule has 0 bridgehead atoms. The molecule has 8 heteroatoms. The van der Waals surface area contributed by atoms with Crippen molar-refractivity contribution in [3.8, 4) is 0 Å². The molecule has 0 saturated heterocycles. The number of nitro groups is 1. The fraction of sp³-hybridized carbons (Fsp3) is 0.0714. The SMILES string of the molecule is Cc1ccnc(NC(=O)C(=O)Nc2ccc([N+](=O)[O-])cc2)c1. The van der Waals surface area contributed by atoms with Crippen molar-refractivity contribution in [2.75, 3.05) is 10.6 Å². The summed E-state index contributed by atoms with van der Waals surface area (Å²) in [6, 6.07) is 8.53. The third-order valence-corrected chi connectivity index (χ3v) is 2.70. The van der Waals surface area contributed by atoms with Gasteiger partial charge in [-0.05, 0) is 36.8 Å². The zero-order valence-electron chi connectivity index (χ0n) is 11.6. The molecule has 2 N–H and O–H groups in total. The Morgan fingerprint density at radius 3 is 2.32 bits per heavy atom. The van der Waals surface area contributed by atoms with Crippen LogP contribution in [0.3, 0.4) is 0 Å². The first-order valence-electron chi connectivity index (χ1n) is 6.25. The second-order valence-corrected chi connectivity index (χ2v) is 4.43. The quantitative estimate of drug-likeness (QED) is 0.510. The molecule has 0 atom stereocenters. The minimum Gasteiger partial charge on any atom is -0.318 e. The summed E-state index contributed by atoms with van der Waals surface area (Å²) in [5.41, 5.74) is 1.07. The molecule has 8 nitrogen and oxygen atoms in total. The van der Waals surface area contributed by atoms with Crippen LogP contribution in [0, 0.1) is 17.0 Å². The smallest absolute Gasteiger partial charge is 0.315 e. The van der Waals surface area contributed by atoms with Gasteiger partial charge in [0.15, 0.2) is 0 Å². The van der Waals surface area contributed by atoms with Crippen molar-refractivity contribution in [1.82, 2.24) is 4.98 Å². The van der Waals surface area contributed by atoms with E-state index in [1.165, 1.54) is 30.5 Å². The highest BCUT2D eigenvalue weighted by atomic mass is 16.6. The normalized spacial score (nSPS) is 9.86. The highest BCUT2D eigenvalue weighted by Gasteiger charge is 2.15. The van der Waals surface area contributed by atoms with Crippen LogP contribution in [-0.2, 0) is 9.59 Å². The third kappa shape index (κ3) is 3.85. The van der Waals surface area contributed by atoms with E-state index < -0.39 is 16.7 Å². The number of nitrogens with one attached hydrogen (secondary N) is 2. The Bertz CT molecular complexity index is 728. The molecule has 0 fully saturated rings. The molecule has 112 valence electrons. The third-order valence-electron chi connectivity index (χ3n) is 2.70. The van der Waals surface area contributed by atoms with Gasteiger partial charge in [-0.2, -0.15) is 0 Å². The second kappa shape index (κ2) is 6.44. The average molecular weight is 300 g/mol. The van der Waals surface area contributed by atoms with Gasteiger partial charge >= 0.3 is 11.8 Å². The fourth-order valence-electron chi connectivity index (χ4n) is 1.63. The summed E-state index contributed by atoms with van der Waals surface area (Å²) in [5.74, 6) is -1.50. The number of anilines is 2. The lowest BCUT2D eigenvalue weighted by Gasteiger charge is -2.06. The van der Waals surface area contributed by atoms with Crippen molar-refractivity contribution in [2.45, 2.75) is 6.92 Å². The van der Waals surface area contributed by atoms with Gasteiger partial charge in [-0.25, -0.2) is 4.98 Å². The fourth-order valence-corrected chi connectivity index (χ4v) is 1.63. The van der Waals surface area contributed by atoms with Crippen molar-refractivity contribution < 1.29 is 14.5 Å². The van der Waals surface area contributed by atoms with E-state index in [0.717, 1.165) is 5.56 Å². The summed E-state index contributed by atoms with van der Waals surface area (Å²) in [6.45, 7) is 1.83. The summed E-state index contributed by atoms with van der Waals surface area (Å²) in [4.78, 5) is 37.3. The van der Waals surface area contributed by atoms with Crippen molar-refractivity contribution in [3.63, 3.8) is 0 Å². The summed E-state index contributed by atoms with van der Waals surface area (Å²) in [6.07, 6.45) is 1.51. The Morgan fingerprint density at radius 2 is 1.73 bits per heavy atom. The molecule has 0 saturated carbocycles. The predicted octanol–water partition coefficient (Wildman–Crippen LogP) is 1.88. The van der Waals surface area contributed by atoms with Crippen LogP contribution in [0.5, 0.6) is 0 Å². The second-order valence-electron chi connectivity index (χ2n) is 4.43. The van der Waals surface area contributed by atoms with Gasteiger partial charge in [0.2, 0.25) is 0 Å². The highest BCUT2D eigenvalue weighted by Crippen LogP contribution is 2.15. The van der Waals surface area contributed by atoms with E-state index >= 15 is 0 Å². The van der Waals surface area contributed by atoms with Crippen molar-refractivity contribution >= 4 is 29.0 Å². The number of hydrogen-bond acceptors (Lipinski definition) is 5. The first-order chi connectivity index (χ1) is 10.5. The van der Waals surface area contributed by atoms with Gasteiger partial charge in [-0.3, -0.25) is 19.7 Å². The van der Waals surface area contributed by atoms with Crippen LogP contribution < -0.4 is 10.6 Å². The standard InChI is InChI=1S/C14H12N4O4/c1-9-6-7-15-12(8-9)17-14(20)13(19)16-10-2-4-11(5-3-10)18(21)22/h2-8H,1H3,(H,16,19)(H,15,17,20). The van der Waals surface area contributed by atoms with Gasteiger partial charge in [-0.1, -0.05) is 0 Å². The van der Waals surface area contributed by atoms with Crippen LogP contribution in [0.1, 0.15) is 5.56 Å². The number of amides is 2. The van der Waals surface area contributed by atoms with E-state index in [9.17, 15) is 19.7 Å². The lowest BCUT2D eigenvalue weighted by Crippen LogP contribution is -2.29. The molecule has 1 heterocycles. The van der Waals surface area contributed by atoms with Crippen LogP contribution >= 0.6 is 0 Å². The number of nitrogens with zero attached hydrogens (tertiary/aromatic N) is 2. The topological polar surface area (TPSA) is 114 Å². The molecule has 0 aliphatic heterocycles. The van der Waals surface area contributed by atoms with Crippen molar-refractivity contribution in [2.24, 2.45) is 0 Å². The average Bonchev–Trinajstić information content (AvgIpc) is 2.47. The molecule has 0 radical (unpaired) electrons. The van der Waals surface area contributed by atoms with Gasteiger partial charge in [0.1, 0.15) is 5.82 Å². The molecule has 2 rings (SSSR count). The zero-order chi connectivity index (χ0) is 16.1. The van der Waals surface area contributed by atoms with E-state index in [1.807, 2.05) is 6.92 Å². The van der Waals surface area contributed by atoms with E-state index in [-0.39, 0.29) is 17.2 Å². The predicted molar refractivity (Wildman–Crippen MR) is 79.3 cm³/mol. The summed E-state index contributed by atoms with van der Waals surface area (Å²) >= 11 is 0. The summed E-state index contributed by atoms with van der Waals surface area (Å²) in [7, 11) is 0. The Hall–Kier alpha value is -3.29. The van der Waals surface area contributed by atoms with Crippen molar-refractivity contribution in [1.29, 1.82) is 0 Å². The Kier molecular flexibility index (Phi) is 4.42. The number of rotatable bonds is 3. The molecule has 22 heavy (non-hydrogen) atoms. The molecule has 2 amide bonds. The number of hydrogen-bond donors (Lipinski definition) is 2. The lowest BCUT2D eigenvalue weighted by molar-refractivity contribution is -0.384. The Balaban J connectivity index is 1.99. The molecular formula is C14H12N4O4. The minimum absolute atomic E-state index is 0.105. The number of carbonyl (C=O) groups excluding carboxylic acids is 2.